The zero-order valence-electron chi connectivity index (χ0n) is 12.6. The van der Waals surface area contributed by atoms with Crippen LogP contribution in [0.5, 0.6) is 5.75 Å². The Hall–Kier alpha value is -1.55. The van der Waals surface area contributed by atoms with Gasteiger partial charge < -0.3 is 15.0 Å². The molecule has 0 unspecified atom stereocenters. The maximum atomic E-state index is 12.4. The van der Waals surface area contributed by atoms with Gasteiger partial charge in [0.1, 0.15) is 5.75 Å². The SMILES string of the molecule is COc1ccc(CN(C)C(=O)C2CCNCC2)cc1C. The summed E-state index contributed by atoms with van der Waals surface area (Å²) in [4.78, 5) is 14.2. The Labute approximate surface area is 121 Å². The highest BCUT2D eigenvalue weighted by Gasteiger charge is 2.23. The fraction of sp³-hybridized carbons (Fsp3) is 0.562. The zero-order valence-corrected chi connectivity index (χ0v) is 12.6. The number of hydrogen-bond donors (Lipinski definition) is 1. The normalized spacial score (nSPS) is 15.9. The number of methoxy groups -OCH3 is 1. The lowest BCUT2D eigenvalue weighted by Crippen LogP contribution is -2.38. The first kappa shape index (κ1) is 14.9. The van der Waals surface area contributed by atoms with E-state index < -0.39 is 0 Å². The molecule has 20 heavy (non-hydrogen) atoms. The molecule has 1 heterocycles. The number of benzene rings is 1. The first-order valence-electron chi connectivity index (χ1n) is 7.21. The summed E-state index contributed by atoms with van der Waals surface area (Å²) >= 11 is 0. The first-order chi connectivity index (χ1) is 9.61. The minimum atomic E-state index is 0.181. The lowest BCUT2D eigenvalue weighted by atomic mass is 9.96. The van der Waals surface area contributed by atoms with E-state index in [9.17, 15) is 4.79 Å². The van der Waals surface area contributed by atoms with Gasteiger partial charge in [-0.15, -0.1) is 0 Å². The van der Waals surface area contributed by atoms with Crippen molar-refractivity contribution >= 4 is 5.91 Å². The molecule has 0 radical (unpaired) electrons. The van der Waals surface area contributed by atoms with Gasteiger partial charge in [-0.2, -0.15) is 0 Å². The lowest BCUT2D eigenvalue weighted by molar-refractivity contribution is -0.135. The largest absolute Gasteiger partial charge is 0.496 e. The van der Waals surface area contributed by atoms with Gasteiger partial charge in [0.15, 0.2) is 0 Å². The Morgan fingerprint density at radius 3 is 2.70 bits per heavy atom. The van der Waals surface area contributed by atoms with Crippen molar-refractivity contribution in [1.29, 1.82) is 0 Å². The molecule has 0 spiro atoms. The van der Waals surface area contributed by atoms with Crippen LogP contribution in [-0.4, -0.2) is 38.1 Å². The van der Waals surface area contributed by atoms with Crippen LogP contribution < -0.4 is 10.1 Å². The summed E-state index contributed by atoms with van der Waals surface area (Å²) < 4.78 is 5.26. The molecular weight excluding hydrogens is 252 g/mol. The summed E-state index contributed by atoms with van der Waals surface area (Å²) in [7, 11) is 3.57. The van der Waals surface area contributed by atoms with Gasteiger partial charge in [0, 0.05) is 19.5 Å². The van der Waals surface area contributed by atoms with Gasteiger partial charge in [0.25, 0.3) is 0 Å². The van der Waals surface area contributed by atoms with Crippen molar-refractivity contribution in [2.24, 2.45) is 5.92 Å². The smallest absolute Gasteiger partial charge is 0.225 e. The predicted octanol–water partition coefficient (Wildman–Crippen LogP) is 1.96. The highest BCUT2D eigenvalue weighted by Crippen LogP contribution is 2.20. The Kier molecular flexibility index (Phi) is 5.01. The molecule has 4 nitrogen and oxygen atoms in total. The third kappa shape index (κ3) is 3.51. The maximum absolute atomic E-state index is 12.4. The van der Waals surface area contributed by atoms with Crippen LogP contribution >= 0.6 is 0 Å². The number of amides is 1. The molecule has 110 valence electrons. The molecule has 0 atom stereocenters. The average molecular weight is 276 g/mol. The highest BCUT2D eigenvalue weighted by atomic mass is 16.5. The van der Waals surface area contributed by atoms with Crippen molar-refractivity contribution < 1.29 is 9.53 Å². The van der Waals surface area contributed by atoms with E-state index in [1.54, 1.807) is 7.11 Å². The molecule has 0 aliphatic carbocycles. The number of carbonyl (C=O) groups is 1. The van der Waals surface area contributed by atoms with Gasteiger partial charge in [0.05, 0.1) is 7.11 Å². The molecule has 1 aromatic carbocycles. The topological polar surface area (TPSA) is 41.6 Å². The lowest BCUT2D eigenvalue weighted by Gasteiger charge is -2.27. The summed E-state index contributed by atoms with van der Waals surface area (Å²) in [6, 6.07) is 6.08. The predicted molar refractivity (Wildman–Crippen MR) is 79.8 cm³/mol. The van der Waals surface area contributed by atoms with Gasteiger partial charge in [-0.3, -0.25) is 4.79 Å². The summed E-state index contributed by atoms with van der Waals surface area (Å²) in [5.74, 6) is 1.33. The van der Waals surface area contributed by atoms with Crippen LogP contribution in [-0.2, 0) is 11.3 Å². The van der Waals surface area contributed by atoms with Crippen LogP contribution in [0.3, 0.4) is 0 Å². The van der Waals surface area contributed by atoms with Crippen molar-refractivity contribution in [1.82, 2.24) is 10.2 Å². The molecule has 1 aliphatic heterocycles. The zero-order chi connectivity index (χ0) is 14.5. The minimum Gasteiger partial charge on any atom is -0.496 e. The second-order valence-corrected chi connectivity index (χ2v) is 5.52. The number of nitrogens with one attached hydrogen (secondary N) is 1. The van der Waals surface area contributed by atoms with Crippen molar-refractivity contribution in [2.45, 2.75) is 26.3 Å². The minimum absolute atomic E-state index is 0.181. The monoisotopic (exact) mass is 276 g/mol. The molecule has 1 N–H and O–H groups in total. The van der Waals surface area contributed by atoms with Gasteiger partial charge in [-0.25, -0.2) is 0 Å². The molecule has 4 heteroatoms. The van der Waals surface area contributed by atoms with Crippen LogP contribution in [0.25, 0.3) is 0 Å². The highest BCUT2D eigenvalue weighted by molar-refractivity contribution is 5.78. The quantitative estimate of drug-likeness (QED) is 0.914. The van der Waals surface area contributed by atoms with Crippen molar-refractivity contribution in [2.75, 3.05) is 27.2 Å². The number of nitrogens with zero attached hydrogens (tertiary/aromatic N) is 1. The maximum Gasteiger partial charge on any atom is 0.225 e. The van der Waals surface area contributed by atoms with E-state index in [1.165, 1.54) is 0 Å². The summed E-state index contributed by atoms with van der Waals surface area (Å²) in [5, 5.41) is 3.29. The molecule has 2 rings (SSSR count). The van der Waals surface area contributed by atoms with Gasteiger partial charge in [0.2, 0.25) is 5.91 Å². The summed E-state index contributed by atoms with van der Waals surface area (Å²) in [6.07, 6.45) is 1.90. The average Bonchev–Trinajstić information content (AvgIpc) is 2.47. The Balaban J connectivity index is 1.98. The van der Waals surface area contributed by atoms with E-state index in [2.05, 4.69) is 11.4 Å². The number of ether oxygens (including phenoxy) is 1. The fourth-order valence-electron chi connectivity index (χ4n) is 2.77. The second-order valence-electron chi connectivity index (χ2n) is 5.52. The molecule has 1 aliphatic rings. The van der Waals surface area contributed by atoms with Crippen LogP contribution in [0.2, 0.25) is 0 Å². The van der Waals surface area contributed by atoms with E-state index in [0.717, 1.165) is 42.8 Å². The van der Waals surface area contributed by atoms with E-state index in [1.807, 2.05) is 31.0 Å². The number of hydrogen-bond acceptors (Lipinski definition) is 3. The molecule has 1 fully saturated rings. The molecular formula is C16H24N2O2. The number of aryl methyl sites for hydroxylation is 1. The van der Waals surface area contributed by atoms with Crippen LogP contribution in [0.15, 0.2) is 18.2 Å². The van der Waals surface area contributed by atoms with E-state index in [0.29, 0.717) is 6.54 Å². The van der Waals surface area contributed by atoms with Crippen LogP contribution in [0.1, 0.15) is 24.0 Å². The summed E-state index contributed by atoms with van der Waals surface area (Å²) in [5.41, 5.74) is 2.25. The van der Waals surface area contributed by atoms with E-state index in [4.69, 9.17) is 4.74 Å². The standard InChI is InChI=1S/C16H24N2O2/c1-12-10-13(4-5-15(12)20-3)11-18(2)16(19)14-6-8-17-9-7-14/h4-5,10,14,17H,6-9,11H2,1-3H3. The molecule has 0 aromatic heterocycles. The van der Waals surface area contributed by atoms with Gasteiger partial charge in [-0.05, 0) is 50.0 Å². The third-order valence-electron chi connectivity index (χ3n) is 3.94. The Morgan fingerprint density at radius 2 is 2.10 bits per heavy atom. The fourth-order valence-corrected chi connectivity index (χ4v) is 2.77. The number of carbonyl (C=O) groups excluding carboxylic acids is 1. The molecule has 1 saturated heterocycles. The van der Waals surface area contributed by atoms with Gasteiger partial charge in [-0.1, -0.05) is 12.1 Å². The first-order valence-corrected chi connectivity index (χ1v) is 7.21. The Morgan fingerprint density at radius 1 is 1.40 bits per heavy atom. The molecule has 1 amide bonds. The molecule has 1 aromatic rings. The van der Waals surface area contributed by atoms with E-state index >= 15 is 0 Å². The van der Waals surface area contributed by atoms with Crippen molar-refractivity contribution in [3.05, 3.63) is 29.3 Å². The van der Waals surface area contributed by atoms with Gasteiger partial charge >= 0.3 is 0 Å². The van der Waals surface area contributed by atoms with Crippen molar-refractivity contribution in [3.63, 3.8) is 0 Å². The van der Waals surface area contributed by atoms with Crippen LogP contribution in [0.4, 0.5) is 0 Å². The van der Waals surface area contributed by atoms with E-state index in [-0.39, 0.29) is 11.8 Å². The Bertz CT molecular complexity index is 468. The van der Waals surface area contributed by atoms with Crippen LogP contribution in [0, 0.1) is 12.8 Å². The van der Waals surface area contributed by atoms with Crippen molar-refractivity contribution in [3.8, 4) is 5.75 Å². The summed E-state index contributed by atoms with van der Waals surface area (Å²) in [6.45, 7) is 4.59. The third-order valence-corrected chi connectivity index (χ3v) is 3.94. The number of rotatable bonds is 4. The number of piperidine rings is 1. The second kappa shape index (κ2) is 6.75. The molecule has 0 saturated carbocycles. The molecule has 0 bridgehead atoms.